The monoisotopic (exact) mass is 351 g/mol. The van der Waals surface area contributed by atoms with Crippen LogP contribution < -0.4 is 20.1 Å². The Hall–Kier alpha value is -3.61. The summed E-state index contributed by atoms with van der Waals surface area (Å²) in [5, 5.41) is 5.85. The molecule has 1 aliphatic rings. The number of carbonyl (C=O) groups excluding carboxylic acids is 1. The van der Waals surface area contributed by atoms with Crippen LogP contribution in [0.15, 0.2) is 60.8 Å². The number of anilines is 3. The summed E-state index contributed by atoms with van der Waals surface area (Å²) >= 11 is 0. The molecule has 2 heterocycles. The zero-order chi connectivity index (χ0) is 17.9. The average Bonchev–Trinajstić information content (AvgIpc) is 3.12. The van der Waals surface area contributed by atoms with Crippen LogP contribution in [0.1, 0.15) is 10.5 Å². The summed E-state index contributed by atoms with van der Waals surface area (Å²) in [6, 6.07) is 14.5. The highest BCUT2D eigenvalue weighted by Crippen LogP contribution is 2.34. The summed E-state index contributed by atoms with van der Waals surface area (Å²) < 4.78 is 23.4. The maximum Gasteiger partial charge on any atom is 0.274 e. The van der Waals surface area contributed by atoms with Gasteiger partial charge in [0, 0.05) is 17.4 Å². The zero-order valence-electron chi connectivity index (χ0n) is 13.5. The fraction of sp³-hybridized carbons (Fsp3) is 0.0526. The number of hydrogen-bond donors (Lipinski definition) is 2. The summed E-state index contributed by atoms with van der Waals surface area (Å²) in [5.74, 6) is 0.605. The van der Waals surface area contributed by atoms with Crippen LogP contribution in [0.2, 0.25) is 0 Å². The van der Waals surface area contributed by atoms with E-state index in [9.17, 15) is 9.18 Å². The van der Waals surface area contributed by atoms with Crippen molar-refractivity contribution in [2.75, 3.05) is 17.4 Å². The van der Waals surface area contributed by atoms with Gasteiger partial charge in [-0.15, -0.1) is 0 Å². The minimum atomic E-state index is -0.336. The number of benzene rings is 2. The lowest BCUT2D eigenvalue weighted by atomic mass is 10.2. The Bertz CT molecular complexity index is 943. The van der Waals surface area contributed by atoms with E-state index in [1.807, 2.05) is 0 Å². The van der Waals surface area contributed by atoms with E-state index in [1.165, 1.54) is 18.3 Å². The molecule has 1 amide bonds. The van der Waals surface area contributed by atoms with Crippen LogP contribution >= 0.6 is 0 Å². The van der Waals surface area contributed by atoms with E-state index in [1.54, 1.807) is 42.5 Å². The van der Waals surface area contributed by atoms with Crippen molar-refractivity contribution in [3.8, 4) is 11.5 Å². The standard InChI is InChI=1S/C19H14FN3O3/c20-12-1-3-13(4-2-12)22-15-5-7-16(21-10-15)19(24)23-14-6-8-17-18(9-14)26-11-25-17/h1-10,22H,11H2,(H,23,24). The molecule has 0 spiro atoms. The second-order valence-corrected chi connectivity index (χ2v) is 5.59. The molecule has 0 radical (unpaired) electrons. The first-order valence-electron chi connectivity index (χ1n) is 7.87. The lowest BCUT2D eigenvalue weighted by Crippen LogP contribution is -2.13. The van der Waals surface area contributed by atoms with Crippen LogP contribution in [0, 0.1) is 5.82 Å². The minimum absolute atomic E-state index is 0.177. The first-order valence-corrected chi connectivity index (χ1v) is 7.87. The second kappa shape index (κ2) is 6.72. The number of ether oxygens (including phenoxy) is 2. The molecule has 0 saturated carbocycles. The minimum Gasteiger partial charge on any atom is -0.454 e. The molecule has 1 aromatic heterocycles. The molecule has 26 heavy (non-hydrogen) atoms. The lowest BCUT2D eigenvalue weighted by Gasteiger charge is -2.08. The highest BCUT2D eigenvalue weighted by molar-refractivity contribution is 6.03. The number of nitrogens with zero attached hydrogens (tertiary/aromatic N) is 1. The van der Waals surface area contributed by atoms with Crippen molar-refractivity contribution in [1.29, 1.82) is 0 Å². The number of halogens is 1. The predicted octanol–water partition coefficient (Wildman–Crippen LogP) is 3.95. The molecule has 0 fully saturated rings. The van der Waals surface area contributed by atoms with E-state index in [-0.39, 0.29) is 24.2 Å². The van der Waals surface area contributed by atoms with Crippen molar-refractivity contribution in [2.24, 2.45) is 0 Å². The molecule has 0 unspecified atom stereocenters. The van der Waals surface area contributed by atoms with E-state index in [0.717, 1.165) is 5.69 Å². The SMILES string of the molecule is O=C(Nc1ccc2c(c1)OCO2)c1ccc(Nc2ccc(F)cc2)cn1. The molecule has 2 aromatic carbocycles. The van der Waals surface area contributed by atoms with Crippen molar-refractivity contribution in [3.63, 3.8) is 0 Å². The molecule has 2 N–H and O–H groups in total. The van der Waals surface area contributed by atoms with Crippen molar-refractivity contribution >= 4 is 23.0 Å². The van der Waals surface area contributed by atoms with Crippen LogP contribution in [0.5, 0.6) is 11.5 Å². The highest BCUT2D eigenvalue weighted by atomic mass is 19.1. The van der Waals surface area contributed by atoms with Crippen molar-refractivity contribution < 1.29 is 18.7 Å². The Kier molecular flexibility index (Phi) is 4.10. The van der Waals surface area contributed by atoms with Gasteiger partial charge in [-0.2, -0.15) is 0 Å². The van der Waals surface area contributed by atoms with Gasteiger partial charge in [0.05, 0.1) is 11.9 Å². The van der Waals surface area contributed by atoms with Gasteiger partial charge < -0.3 is 20.1 Å². The highest BCUT2D eigenvalue weighted by Gasteiger charge is 2.15. The van der Waals surface area contributed by atoms with Gasteiger partial charge in [-0.1, -0.05) is 0 Å². The number of nitrogens with one attached hydrogen (secondary N) is 2. The molecular weight excluding hydrogens is 337 g/mol. The van der Waals surface area contributed by atoms with Crippen LogP contribution in [0.4, 0.5) is 21.5 Å². The van der Waals surface area contributed by atoms with Crippen LogP contribution in [0.25, 0.3) is 0 Å². The smallest absolute Gasteiger partial charge is 0.274 e. The van der Waals surface area contributed by atoms with Gasteiger partial charge in [0.15, 0.2) is 11.5 Å². The summed E-state index contributed by atoms with van der Waals surface area (Å²) in [5.41, 5.74) is 2.28. The van der Waals surface area contributed by atoms with E-state index >= 15 is 0 Å². The first-order chi connectivity index (χ1) is 12.7. The summed E-state index contributed by atoms with van der Waals surface area (Å²) in [4.78, 5) is 16.5. The molecule has 0 bridgehead atoms. The fourth-order valence-corrected chi connectivity index (χ4v) is 2.47. The van der Waals surface area contributed by atoms with Gasteiger partial charge in [0.25, 0.3) is 5.91 Å². The number of rotatable bonds is 4. The molecule has 0 aliphatic carbocycles. The Morgan fingerprint density at radius 2 is 1.65 bits per heavy atom. The third-order valence-electron chi connectivity index (χ3n) is 3.76. The van der Waals surface area contributed by atoms with Crippen LogP contribution in [-0.4, -0.2) is 17.7 Å². The number of carbonyl (C=O) groups is 1. The first kappa shape index (κ1) is 15.9. The Labute approximate surface area is 148 Å². The zero-order valence-corrected chi connectivity index (χ0v) is 13.5. The van der Waals surface area contributed by atoms with Crippen molar-refractivity contribution in [2.45, 2.75) is 0 Å². The van der Waals surface area contributed by atoms with Gasteiger partial charge in [-0.25, -0.2) is 9.37 Å². The molecule has 6 nitrogen and oxygen atoms in total. The number of amides is 1. The summed E-state index contributed by atoms with van der Waals surface area (Å²) in [6.45, 7) is 0.177. The fourth-order valence-electron chi connectivity index (χ4n) is 2.47. The van der Waals surface area contributed by atoms with E-state index in [2.05, 4.69) is 15.6 Å². The lowest BCUT2D eigenvalue weighted by molar-refractivity contribution is 0.102. The Morgan fingerprint density at radius 3 is 2.42 bits per heavy atom. The van der Waals surface area contributed by atoms with Gasteiger partial charge in [-0.05, 0) is 48.5 Å². The predicted molar refractivity (Wildman–Crippen MR) is 94.4 cm³/mol. The number of pyridine rings is 1. The Balaban J connectivity index is 1.42. The summed E-state index contributed by atoms with van der Waals surface area (Å²) in [6.07, 6.45) is 1.54. The molecule has 7 heteroatoms. The Morgan fingerprint density at radius 1 is 0.923 bits per heavy atom. The quantitative estimate of drug-likeness (QED) is 0.745. The van der Waals surface area contributed by atoms with E-state index in [4.69, 9.17) is 9.47 Å². The number of aromatic nitrogens is 1. The second-order valence-electron chi connectivity index (χ2n) is 5.59. The van der Waals surface area contributed by atoms with E-state index in [0.29, 0.717) is 22.9 Å². The van der Waals surface area contributed by atoms with Gasteiger partial charge in [0.1, 0.15) is 11.5 Å². The topological polar surface area (TPSA) is 72.5 Å². The van der Waals surface area contributed by atoms with Gasteiger partial charge in [-0.3, -0.25) is 4.79 Å². The molecule has 130 valence electrons. The van der Waals surface area contributed by atoms with Crippen molar-refractivity contribution in [1.82, 2.24) is 4.98 Å². The molecule has 0 saturated heterocycles. The number of hydrogen-bond acceptors (Lipinski definition) is 5. The van der Waals surface area contributed by atoms with Crippen LogP contribution in [-0.2, 0) is 0 Å². The molecule has 4 rings (SSSR count). The third kappa shape index (κ3) is 3.41. The van der Waals surface area contributed by atoms with Gasteiger partial charge >= 0.3 is 0 Å². The van der Waals surface area contributed by atoms with Gasteiger partial charge in [0.2, 0.25) is 6.79 Å². The van der Waals surface area contributed by atoms with E-state index < -0.39 is 0 Å². The maximum absolute atomic E-state index is 12.9. The number of fused-ring (bicyclic) bond motifs is 1. The largest absolute Gasteiger partial charge is 0.454 e. The maximum atomic E-state index is 12.9. The third-order valence-corrected chi connectivity index (χ3v) is 3.76. The molecular formula is C19H14FN3O3. The molecule has 1 aliphatic heterocycles. The normalized spacial score (nSPS) is 11.9. The molecule has 3 aromatic rings. The average molecular weight is 351 g/mol. The van der Waals surface area contributed by atoms with Crippen molar-refractivity contribution in [3.05, 3.63) is 72.3 Å². The summed E-state index contributed by atoms with van der Waals surface area (Å²) in [7, 11) is 0. The molecule has 0 atom stereocenters. The van der Waals surface area contributed by atoms with Crippen LogP contribution in [0.3, 0.4) is 0 Å².